The quantitative estimate of drug-likeness (QED) is 0.441. The third-order valence-corrected chi connectivity index (χ3v) is 3.86. The first-order valence-electron chi connectivity index (χ1n) is 8.25. The number of esters is 1. The minimum absolute atomic E-state index is 0.135. The third kappa shape index (κ3) is 4.95. The van der Waals surface area contributed by atoms with Crippen molar-refractivity contribution in [2.24, 2.45) is 0 Å². The smallest absolute Gasteiger partial charge is 0.328 e. The monoisotopic (exact) mass is 358 g/mol. The lowest BCUT2D eigenvalue weighted by atomic mass is 10.0. The van der Waals surface area contributed by atoms with E-state index < -0.39 is 16.9 Å². The summed E-state index contributed by atoms with van der Waals surface area (Å²) in [6, 6.07) is 11.3. The molecule has 7 nitrogen and oxygen atoms in total. The van der Waals surface area contributed by atoms with Crippen molar-refractivity contribution in [2.45, 2.75) is 26.3 Å². The van der Waals surface area contributed by atoms with E-state index in [1.54, 1.807) is 6.92 Å². The van der Waals surface area contributed by atoms with Crippen molar-refractivity contribution < 1.29 is 19.2 Å². The largest absolute Gasteiger partial charge is 0.497 e. The highest BCUT2D eigenvalue weighted by Gasteiger charge is 2.24. The summed E-state index contributed by atoms with van der Waals surface area (Å²) in [6.07, 6.45) is 0.341. The molecule has 2 rings (SSSR count). The zero-order chi connectivity index (χ0) is 19.1. The molecule has 0 saturated heterocycles. The van der Waals surface area contributed by atoms with Crippen LogP contribution in [0.4, 0.5) is 11.4 Å². The molecule has 0 amide bonds. The van der Waals surface area contributed by atoms with Gasteiger partial charge in [-0.25, -0.2) is 4.79 Å². The number of rotatable bonds is 8. The van der Waals surface area contributed by atoms with Crippen molar-refractivity contribution in [3.8, 4) is 5.75 Å². The van der Waals surface area contributed by atoms with Gasteiger partial charge in [0.25, 0.3) is 5.69 Å². The Morgan fingerprint density at radius 2 is 1.92 bits per heavy atom. The number of hydrogen-bond donors (Lipinski definition) is 1. The molecule has 138 valence electrons. The molecule has 0 saturated carbocycles. The van der Waals surface area contributed by atoms with E-state index in [-0.39, 0.29) is 18.0 Å². The van der Waals surface area contributed by atoms with Crippen LogP contribution in [0.2, 0.25) is 0 Å². The fourth-order valence-electron chi connectivity index (χ4n) is 2.50. The van der Waals surface area contributed by atoms with E-state index in [4.69, 9.17) is 9.47 Å². The molecule has 7 heteroatoms. The summed E-state index contributed by atoms with van der Waals surface area (Å²) in [5.74, 6) is -0.0127. The fourth-order valence-corrected chi connectivity index (χ4v) is 2.50. The minimum atomic E-state index is -0.761. The van der Waals surface area contributed by atoms with Crippen molar-refractivity contribution in [2.75, 3.05) is 19.0 Å². The lowest BCUT2D eigenvalue weighted by molar-refractivity contribution is -0.384. The molecule has 0 bridgehead atoms. The Bertz CT molecular complexity index is 774. The van der Waals surface area contributed by atoms with Gasteiger partial charge in [0.15, 0.2) is 0 Å². The highest BCUT2D eigenvalue weighted by molar-refractivity contribution is 5.81. The first-order valence-corrected chi connectivity index (χ1v) is 8.25. The number of nitrogens with one attached hydrogen (secondary N) is 1. The Labute approximate surface area is 152 Å². The second kappa shape index (κ2) is 8.84. The summed E-state index contributed by atoms with van der Waals surface area (Å²) >= 11 is 0. The summed E-state index contributed by atoms with van der Waals surface area (Å²) in [5, 5.41) is 14.3. The molecule has 0 aliphatic carbocycles. The molecule has 2 aromatic carbocycles. The Kier molecular flexibility index (Phi) is 6.54. The number of methoxy groups -OCH3 is 1. The molecule has 1 atom stereocenters. The van der Waals surface area contributed by atoms with Crippen LogP contribution in [0.5, 0.6) is 5.75 Å². The molecule has 1 unspecified atom stereocenters. The summed E-state index contributed by atoms with van der Waals surface area (Å²) < 4.78 is 10.3. The maximum atomic E-state index is 12.4. The zero-order valence-corrected chi connectivity index (χ0v) is 15.0. The van der Waals surface area contributed by atoms with Gasteiger partial charge in [-0.05, 0) is 25.5 Å². The van der Waals surface area contributed by atoms with Crippen molar-refractivity contribution in [3.63, 3.8) is 0 Å². The van der Waals surface area contributed by atoms with E-state index in [2.05, 4.69) is 5.32 Å². The summed E-state index contributed by atoms with van der Waals surface area (Å²) in [4.78, 5) is 23.2. The predicted octanol–water partition coefficient (Wildman–Crippen LogP) is 3.50. The summed E-state index contributed by atoms with van der Waals surface area (Å²) in [7, 11) is 1.47. The Balaban J connectivity index is 2.32. The number of aryl methyl sites for hydroxylation is 1. The Morgan fingerprint density at radius 3 is 2.50 bits per heavy atom. The fraction of sp³-hybridized carbons (Fsp3) is 0.316. The molecule has 0 aliphatic rings. The SMILES string of the molecule is CCOC(=O)C(Cc1ccc(C)cc1)Nc1cc(OC)ccc1[N+](=O)[O-]. The number of ether oxygens (including phenoxy) is 2. The van der Waals surface area contributed by atoms with Crippen molar-refractivity contribution in [3.05, 3.63) is 63.7 Å². The van der Waals surface area contributed by atoms with Crippen LogP contribution in [0.15, 0.2) is 42.5 Å². The minimum Gasteiger partial charge on any atom is -0.497 e. The van der Waals surface area contributed by atoms with Crippen LogP contribution < -0.4 is 10.1 Å². The summed E-state index contributed by atoms with van der Waals surface area (Å²) in [6.45, 7) is 3.92. The molecule has 0 spiro atoms. The number of carbonyl (C=O) groups excluding carboxylic acids is 1. The second-order valence-electron chi connectivity index (χ2n) is 5.78. The maximum absolute atomic E-state index is 12.4. The standard InChI is InChI=1S/C19H22N2O5/c1-4-26-19(22)17(11-14-7-5-13(2)6-8-14)20-16-12-15(25-3)9-10-18(16)21(23)24/h5-10,12,17,20H,4,11H2,1-3H3. The van der Waals surface area contributed by atoms with Crippen LogP contribution in [-0.4, -0.2) is 30.7 Å². The van der Waals surface area contributed by atoms with E-state index in [0.29, 0.717) is 12.2 Å². The van der Waals surface area contributed by atoms with E-state index >= 15 is 0 Å². The Morgan fingerprint density at radius 1 is 1.23 bits per heavy atom. The average molecular weight is 358 g/mol. The van der Waals surface area contributed by atoms with Gasteiger partial charge in [0.05, 0.1) is 18.6 Å². The molecule has 0 aromatic heterocycles. The number of nitro benzene ring substituents is 1. The molecule has 2 aromatic rings. The third-order valence-electron chi connectivity index (χ3n) is 3.86. The van der Waals surface area contributed by atoms with Gasteiger partial charge in [0.2, 0.25) is 0 Å². The number of nitro groups is 1. The maximum Gasteiger partial charge on any atom is 0.328 e. The number of benzene rings is 2. The van der Waals surface area contributed by atoms with Gasteiger partial charge >= 0.3 is 5.97 Å². The van der Waals surface area contributed by atoms with Crippen LogP contribution in [0.1, 0.15) is 18.1 Å². The normalized spacial score (nSPS) is 11.5. The van der Waals surface area contributed by atoms with E-state index in [1.807, 2.05) is 31.2 Å². The van der Waals surface area contributed by atoms with Gasteiger partial charge < -0.3 is 14.8 Å². The van der Waals surface area contributed by atoms with Crippen molar-refractivity contribution >= 4 is 17.3 Å². The lowest BCUT2D eigenvalue weighted by Crippen LogP contribution is -2.33. The summed E-state index contributed by atoms with van der Waals surface area (Å²) in [5.41, 5.74) is 2.10. The van der Waals surface area contributed by atoms with Gasteiger partial charge in [-0.15, -0.1) is 0 Å². The first-order chi connectivity index (χ1) is 12.4. The zero-order valence-electron chi connectivity index (χ0n) is 15.0. The number of anilines is 1. The molecule has 0 fully saturated rings. The van der Waals surface area contributed by atoms with E-state index in [9.17, 15) is 14.9 Å². The second-order valence-corrected chi connectivity index (χ2v) is 5.78. The van der Waals surface area contributed by atoms with Crippen molar-refractivity contribution in [1.82, 2.24) is 0 Å². The molecule has 26 heavy (non-hydrogen) atoms. The van der Waals surface area contributed by atoms with Gasteiger partial charge in [0.1, 0.15) is 17.5 Å². The van der Waals surface area contributed by atoms with Gasteiger partial charge in [-0.1, -0.05) is 29.8 Å². The van der Waals surface area contributed by atoms with Gasteiger partial charge in [-0.2, -0.15) is 0 Å². The van der Waals surface area contributed by atoms with Crippen LogP contribution >= 0.6 is 0 Å². The molecular formula is C19H22N2O5. The van der Waals surface area contributed by atoms with Crippen LogP contribution in [-0.2, 0) is 16.0 Å². The number of hydrogen-bond acceptors (Lipinski definition) is 6. The topological polar surface area (TPSA) is 90.7 Å². The van der Waals surface area contributed by atoms with Crippen LogP contribution in [0.25, 0.3) is 0 Å². The van der Waals surface area contributed by atoms with Crippen molar-refractivity contribution in [1.29, 1.82) is 0 Å². The number of nitrogens with zero attached hydrogens (tertiary/aromatic N) is 1. The molecule has 0 aliphatic heterocycles. The molecule has 0 heterocycles. The van der Waals surface area contributed by atoms with Gasteiger partial charge in [0, 0.05) is 18.6 Å². The Hall–Kier alpha value is -3.09. The average Bonchev–Trinajstić information content (AvgIpc) is 2.62. The molecule has 1 N–H and O–H groups in total. The van der Waals surface area contributed by atoms with Gasteiger partial charge in [-0.3, -0.25) is 10.1 Å². The van der Waals surface area contributed by atoms with E-state index in [1.165, 1.54) is 25.3 Å². The highest BCUT2D eigenvalue weighted by atomic mass is 16.6. The van der Waals surface area contributed by atoms with Crippen LogP contribution in [0.3, 0.4) is 0 Å². The number of carbonyl (C=O) groups is 1. The molecular weight excluding hydrogens is 336 g/mol. The van der Waals surface area contributed by atoms with Crippen LogP contribution in [0, 0.1) is 17.0 Å². The lowest BCUT2D eigenvalue weighted by Gasteiger charge is -2.19. The van der Waals surface area contributed by atoms with E-state index in [0.717, 1.165) is 11.1 Å². The highest BCUT2D eigenvalue weighted by Crippen LogP contribution is 2.30. The first kappa shape index (κ1) is 19.2. The predicted molar refractivity (Wildman–Crippen MR) is 98.6 cm³/mol. The molecule has 0 radical (unpaired) electrons.